The first kappa shape index (κ1) is 16.3. The van der Waals surface area contributed by atoms with Crippen molar-refractivity contribution in [3.8, 4) is 6.07 Å². The van der Waals surface area contributed by atoms with Crippen molar-refractivity contribution in [3.63, 3.8) is 0 Å². The lowest BCUT2D eigenvalue weighted by Crippen LogP contribution is -2.33. The Morgan fingerprint density at radius 3 is 2.59 bits per heavy atom. The lowest BCUT2D eigenvalue weighted by atomic mass is 10.3. The molecule has 0 aromatic carbocycles. The molecule has 0 aromatic heterocycles. The molecule has 0 heterocycles. The maximum absolute atomic E-state index is 8.81. The second-order valence-electron chi connectivity index (χ2n) is 3.67. The molecule has 0 rings (SSSR count). The van der Waals surface area contributed by atoms with Crippen LogP contribution in [-0.2, 0) is 14.2 Å². The van der Waals surface area contributed by atoms with E-state index in [1.807, 2.05) is 0 Å². The van der Waals surface area contributed by atoms with E-state index < -0.39 is 0 Å². The van der Waals surface area contributed by atoms with Gasteiger partial charge in [-0.3, -0.25) is 0 Å². The van der Waals surface area contributed by atoms with Gasteiger partial charge >= 0.3 is 0 Å². The minimum absolute atomic E-state index is 0.219. The summed E-state index contributed by atoms with van der Waals surface area (Å²) in [4.78, 5) is 0. The van der Waals surface area contributed by atoms with Crippen molar-refractivity contribution in [3.05, 3.63) is 0 Å². The van der Waals surface area contributed by atoms with Crippen LogP contribution >= 0.6 is 0 Å². The van der Waals surface area contributed by atoms with E-state index in [9.17, 15) is 0 Å². The summed E-state index contributed by atoms with van der Waals surface area (Å²) in [5.74, 6) is 0. The zero-order valence-electron chi connectivity index (χ0n) is 10.9. The van der Waals surface area contributed by atoms with E-state index in [4.69, 9.17) is 19.5 Å². The Labute approximate surface area is 104 Å². The Morgan fingerprint density at radius 2 is 1.94 bits per heavy atom. The lowest BCUT2D eigenvalue weighted by Gasteiger charge is -2.11. The molecule has 0 bridgehead atoms. The highest BCUT2D eigenvalue weighted by Crippen LogP contribution is 1.88. The Bertz CT molecular complexity index is 195. The molecule has 0 amide bonds. The molecule has 0 spiro atoms. The summed E-state index contributed by atoms with van der Waals surface area (Å²) in [5.41, 5.74) is 0. The Hall–Kier alpha value is -0.670. The lowest BCUT2D eigenvalue weighted by molar-refractivity contribution is 0.0366. The van der Waals surface area contributed by atoms with Gasteiger partial charge in [-0.2, -0.15) is 5.26 Å². The fourth-order valence-corrected chi connectivity index (χ4v) is 1.19. The molecule has 5 nitrogen and oxygen atoms in total. The first-order chi connectivity index (χ1) is 8.35. The van der Waals surface area contributed by atoms with E-state index in [-0.39, 0.29) is 6.04 Å². The highest BCUT2D eigenvalue weighted by molar-refractivity contribution is 4.89. The summed E-state index contributed by atoms with van der Waals surface area (Å²) < 4.78 is 15.6. The Balaban J connectivity index is 3.22. The number of ether oxygens (including phenoxy) is 3. The zero-order chi connectivity index (χ0) is 12.8. The number of hydrogen-bond acceptors (Lipinski definition) is 5. The van der Waals surface area contributed by atoms with Gasteiger partial charge in [-0.15, -0.1) is 0 Å². The SMILES string of the molecule is CCCNC(C#N)COCCOCCCOC. The molecule has 0 aliphatic carbocycles. The van der Waals surface area contributed by atoms with Crippen LogP contribution in [0.4, 0.5) is 0 Å². The number of hydrogen-bond donors (Lipinski definition) is 1. The summed E-state index contributed by atoms with van der Waals surface area (Å²) >= 11 is 0. The predicted octanol–water partition coefficient (Wildman–Crippen LogP) is 0.948. The van der Waals surface area contributed by atoms with Crippen LogP contribution in [0.5, 0.6) is 0 Å². The molecule has 0 radical (unpaired) electrons. The van der Waals surface area contributed by atoms with Crippen molar-refractivity contribution in [2.45, 2.75) is 25.8 Å². The normalized spacial score (nSPS) is 12.3. The van der Waals surface area contributed by atoms with Gasteiger partial charge in [-0.05, 0) is 19.4 Å². The standard InChI is InChI=1S/C12H24N2O3/c1-3-5-14-12(10-13)11-17-9-8-16-7-4-6-15-2/h12,14H,3-9,11H2,1-2H3. The largest absolute Gasteiger partial charge is 0.385 e. The number of nitriles is 1. The maximum atomic E-state index is 8.81. The number of nitrogens with one attached hydrogen (secondary N) is 1. The number of methoxy groups -OCH3 is 1. The van der Waals surface area contributed by atoms with Gasteiger partial charge in [0.25, 0.3) is 0 Å². The van der Waals surface area contributed by atoms with E-state index in [1.54, 1.807) is 7.11 Å². The van der Waals surface area contributed by atoms with Crippen LogP contribution in [-0.4, -0.2) is 52.7 Å². The summed E-state index contributed by atoms with van der Waals surface area (Å²) in [6.07, 6.45) is 1.91. The van der Waals surface area contributed by atoms with Crippen LogP contribution < -0.4 is 5.32 Å². The van der Waals surface area contributed by atoms with E-state index in [1.165, 1.54) is 0 Å². The minimum atomic E-state index is -0.219. The number of rotatable bonds is 12. The van der Waals surface area contributed by atoms with E-state index in [0.717, 1.165) is 26.0 Å². The minimum Gasteiger partial charge on any atom is -0.385 e. The summed E-state index contributed by atoms with van der Waals surface area (Å²) in [6.45, 7) is 5.82. The molecule has 1 atom stereocenters. The van der Waals surface area contributed by atoms with Crippen LogP contribution in [0.3, 0.4) is 0 Å². The van der Waals surface area contributed by atoms with E-state index in [2.05, 4.69) is 18.3 Å². The smallest absolute Gasteiger partial charge is 0.119 e. The zero-order valence-corrected chi connectivity index (χ0v) is 10.9. The van der Waals surface area contributed by atoms with Gasteiger partial charge in [-0.1, -0.05) is 6.92 Å². The molecule has 17 heavy (non-hydrogen) atoms. The first-order valence-electron chi connectivity index (χ1n) is 6.12. The van der Waals surface area contributed by atoms with Crippen LogP contribution in [0.1, 0.15) is 19.8 Å². The molecule has 1 N–H and O–H groups in total. The highest BCUT2D eigenvalue weighted by Gasteiger charge is 2.04. The average Bonchev–Trinajstić information content (AvgIpc) is 2.36. The number of nitrogens with zero attached hydrogens (tertiary/aromatic N) is 1. The third-order valence-electron chi connectivity index (χ3n) is 2.09. The van der Waals surface area contributed by atoms with E-state index in [0.29, 0.717) is 26.4 Å². The predicted molar refractivity (Wildman–Crippen MR) is 65.8 cm³/mol. The van der Waals surface area contributed by atoms with Gasteiger partial charge in [-0.25, -0.2) is 0 Å². The molecule has 1 unspecified atom stereocenters. The van der Waals surface area contributed by atoms with Crippen LogP contribution in [0, 0.1) is 11.3 Å². The fourth-order valence-electron chi connectivity index (χ4n) is 1.19. The van der Waals surface area contributed by atoms with Crippen LogP contribution in [0.15, 0.2) is 0 Å². The van der Waals surface area contributed by atoms with Gasteiger partial charge in [0.1, 0.15) is 6.04 Å². The Kier molecular flexibility index (Phi) is 12.9. The quantitative estimate of drug-likeness (QED) is 0.518. The molecule has 0 saturated carbocycles. The second-order valence-corrected chi connectivity index (χ2v) is 3.67. The van der Waals surface area contributed by atoms with Gasteiger partial charge in [0.15, 0.2) is 0 Å². The van der Waals surface area contributed by atoms with Gasteiger partial charge in [0.05, 0.1) is 25.9 Å². The van der Waals surface area contributed by atoms with Crippen molar-refractivity contribution in [2.75, 3.05) is 46.7 Å². The molecular formula is C12H24N2O3. The molecule has 100 valence electrons. The molecule has 0 fully saturated rings. The summed E-state index contributed by atoms with van der Waals surface area (Å²) in [5, 5.41) is 11.9. The second kappa shape index (κ2) is 13.4. The summed E-state index contributed by atoms with van der Waals surface area (Å²) in [6, 6.07) is 1.94. The van der Waals surface area contributed by atoms with Crippen LogP contribution in [0.2, 0.25) is 0 Å². The molecule has 0 aliphatic heterocycles. The van der Waals surface area contributed by atoms with E-state index >= 15 is 0 Å². The van der Waals surface area contributed by atoms with Crippen molar-refractivity contribution >= 4 is 0 Å². The van der Waals surface area contributed by atoms with Crippen molar-refractivity contribution < 1.29 is 14.2 Å². The monoisotopic (exact) mass is 244 g/mol. The molecule has 0 aromatic rings. The molecule has 0 aliphatic rings. The Morgan fingerprint density at radius 1 is 1.18 bits per heavy atom. The topological polar surface area (TPSA) is 63.5 Å². The average molecular weight is 244 g/mol. The summed E-state index contributed by atoms with van der Waals surface area (Å²) in [7, 11) is 1.68. The van der Waals surface area contributed by atoms with Gasteiger partial charge in [0.2, 0.25) is 0 Å². The third kappa shape index (κ3) is 11.6. The van der Waals surface area contributed by atoms with Gasteiger partial charge < -0.3 is 19.5 Å². The van der Waals surface area contributed by atoms with Gasteiger partial charge in [0, 0.05) is 20.3 Å². The fraction of sp³-hybridized carbons (Fsp3) is 0.917. The van der Waals surface area contributed by atoms with Crippen molar-refractivity contribution in [1.29, 1.82) is 5.26 Å². The van der Waals surface area contributed by atoms with Crippen LogP contribution in [0.25, 0.3) is 0 Å². The third-order valence-corrected chi connectivity index (χ3v) is 2.09. The molecule has 5 heteroatoms. The molecule has 0 saturated heterocycles. The molecular weight excluding hydrogens is 220 g/mol. The van der Waals surface area contributed by atoms with Crippen molar-refractivity contribution in [2.24, 2.45) is 0 Å². The highest BCUT2D eigenvalue weighted by atomic mass is 16.5. The first-order valence-corrected chi connectivity index (χ1v) is 6.12. The maximum Gasteiger partial charge on any atom is 0.119 e. The van der Waals surface area contributed by atoms with Crippen molar-refractivity contribution in [1.82, 2.24) is 5.32 Å².